The molecule has 2 heterocycles. The fraction of sp³-hybridized carbons (Fsp3) is 0.222. The number of nitrogens with zero attached hydrogens (tertiary/aromatic N) is 2. The lowest BCUT2D eigenvalue weighted by Crippen LogP contribution is -1.96. The zero-order valence-corrected chi connectivity index (χ0v) is 7.20. The van der Waals surface area contributed by atoms with Gasteiger partial charge in [-0.25, -0.2) is 0 Å². The smallest absolute Gasteiger partial charge is 0.0834 e. The Morgan fingerprint density at radius 2 is 1.92 bits per heavy atom. The van der Waals surface area contributed by atoms with Crippen LogP contribution in [0, 0.1) is 13.8 Å². The van der Waals surface area contributed by atoms with Crippen molar-refractivity contribution in [3.05, 3.63) is 35.9 Å². The molecule has 0 amide bonds. The lowest BCUT2D eigenvalue weighted by Gasteiger charge is -2.04. The van der Waals surface area contributed by atoms with Crippen LogP contribution in [0.4, 0.5) is 0 Å². The topological polar surface area (TPSA) is 33.6 Å². The quantitative estimate of drug-likeness (QED) is 0.680. The highest BCUT2D eigenvalue weighted by Gasteiger charge is 2.02. The predicted molar refractivity (Wildman–Crippen MR) is 47.4 cm³/mol. The van der Waals surface area contributed by atoms with Gasteiger partial charge in [-0.15, -0.1) is 0 Å². The Hall–Kier alpha value is -1.51. The van der Waals surface area contributed by atoms with Crippen molar-refractivity contribution in [3.63, 3.8) is 0 Å². The maximum atomic E-state index is 3.91. The molecule has 0 radical (unpaired) electrons. The monoisotopic (exact) mass is 161 g/mol. The van der Waals surface area contributed by atoms with Gasteiger partial charge in [0.15, 0.2) is 0 Å². The first kappa shape index (κ1) is 7.16. The summed E-state index contributed by atoms with van der Waals surface area (Å²) in [6, 6.07) is 4.20. The van der Waals surface area contributed by atoms with E-state index in [4.69, 9.17) is 0 Å². The van der Waals surface area contributed by atoms with Crippen molar-refractivity contribution in [1.82, 2.24) is 14.8 Å². The first-order valence-electron chi connectivity index (χ1n) is 3.93. The van der Waals surface area contributed by atoms with Crippen molar-refractivity contribution in [1.29, 1.82) is 0 Å². The molecule has 0 saturated heterocycles. The maximum Gasteiger partial charge on any atom is 0.0834 e. The molecule has 2 aromatic rings. The minimum absolute atomic E-state index is 1.09. The van der Waals surface area contributed by atoms with E-state index in [2.05, 4.69) is 40.7 Å². The minimum atomic E-state index is 1.09. The zero-order chi connectivity index (χ0) is 8.55. The van der Waals surface area contributed by atoms with Gasteiger partial charge in [-0.05, 0) is 26.0 Å². The van der Waals surface area contributed by atoms with Crippen LogP contribution in [0.2, 0.25) is 0 Å². The molecule has 0 unspecified atom stereocenters. The molecule has 0 aliphatic heterocycles. The lowest BCUT2D eigenvalue weighted by molar-refractivity contribution is 0.967. The van der Waals surface area contributed by atoms with Crippen LogP contribution in [0.25, 0.3) is 5.69 Å². The normalized spacial score (nSPS) is 10.5. The number of aromatic nitrogens is 3. The highest BCUT2D eigenvalue weighted by Crippen LogP contribution is 2.13. The first-order valence-corrected chi connectivity index (χ1v) is 3.93. The largest absolute Gasteiger partial charge is 0.316 e. The second kappa shape index (κ2) is 2.52. The molecule has 0 aromatic carbocycles. The van der Waals surface area contributed by atoms with Crippen LogP contribution in [0.3, 0.4) is 0 Å². The second-order valence-electron chi connectivity index (χ2n) is 2.91. The number of rotatable bonds is 1. The fourth-order valence-electron chi connectivity index (χ4n) is 1.44. The predicted octanol–water partition coefficient (Wildman–Crippen LogP) is 1.82. The molecule has 0 spiro atoms. The van der Waals surface area contributed by atoms with Gasteiger partial charge in [-0.2, -0.15) is 5.10 Å². The van der Waals surface area contributed by atoms with E-state index < -0.39 is 0 Å². The number of nitrogens with one attached hydrogen (secondary N) is 1. The third-order valence-corrected chi connectivity index (χ3v) is 2.01. The van der Waals surface area contributed by atoms with E-state index in [-0.39, 0.29) is 0 Å². The van der Waals surface area contributed by atoms with E-state index in [1.165, 1.54) is 11.4 Å². The summed E-state index contributed by atoms with van der Waals surface area (Å²) in [5.74, 6) is 0. The highest BCUT2D eigenvalue weighted by molar-refractivity contribution is 5.33. The number of H-pyrrole nitrogens is 1. The molecule has 2 rings (SSSR count). The minimum Gasteiger partial charge on any atom is -0.316 e. The molecule has 0 aliphatic carbocycles. The molecule has 2 aromatic heterocycles. The molecule has 0 bridgehead atoms. The van der Waals surface area contributed by atoms with E-state index in [1.54, 1.807) is 0 Å². The summed E-state index contributed by atoms with van der Waals surface area (Å²) in [4.78, 5) is 0. The van der Waals surface area contributed by atoms with E-state index in [1.807, 2.05) is 12.4 Å². The molecule has 0 saturated carbocycles. The molecular weight excluding hydrogens is 150 g/mol. The molecule has 1 N–H and O–H groups in total. The van der Waals surface area contributed by atoms with Crippen molar-refractivity contribution in [2.75, 3.05) is 0 Å². The van der Waals surface area contributed by atoms with Gasteiger partial charge in [0, 0.05) is 17.6 Å². The average Bonchev–Trinajstić information content (AvgIpc) is 2.61. The molecule has 3 nitrogen and oxygen atoms in total. The van der Waals surface area contributed by atoms with Crippen molar-refractivity contribution < 1.29 is 0 Å². The Bertz CT molecular complexity index is 351. The Labute approximate surface area is 71.0 Å². The van der Waals surface area contributed by atoms with Gasteiger partial charge in [0.2, 0.25) is 0 Å². The summed E-state index contributed by atoms with van der Waals surface area (Å²) in [5, 5.41) is 6.72. The molecule has 12 heavy (non-hydrogen) atoms. The van der Waals surface area contributed by atoms with Gasteiger partial charge in [-0.3, -0.25) is 5.10 Å². The molecule has 0 fully saturated rings. The summed E-state index contributed by atoms with van der Waals surface area (Å²) >= 11 is 0. The summed E-state index contributed by atoms with van der Waals surface area (Å²) in [5.41, 5.74) is 3.55. The van der Waals surface area contributed by atoms with Gasteiger partial charge in [-0.1, -0.05) is 0 Å². The summed E-state index contributed by atoms with van der Waals surface area (Å²) < 4.78 is 2.16. The Balaban J connectivity index is 2.60. The number of hydrogen-bond donors (Lipinski definition) is 1. The number of hydrogen-bond acceptors (Lipinski definition) is 1. The lowest BCUT2D eigenvalue weighted by atomic mass is 10.4. The van der Waals surface area contributed by atoms with Gasteiger partial charge in [0.25, 0.3) is 0 Å². The zero-order valence-electron chi connectivity index (χ0n) is 7.20. The van der Waals surface area contributed by atoms with Crippen molar-refractivity contribution in [3.8, 4) is 5.69 Å². The third-order valence-electron chi connectivity index (χ3n) is 2.01. The summed E-state index contributed by atoms with van der Waals surface area (Å²) in [6.07, 6.45) is 3.71. The Morgan fingerprint density at radius 3 is 2.42 bits per heavy atom. The van der Waals surface area contributed by atoms with Crippen LogP contribution in [0.1, 0.15) is 11.4 Å². The van der Waals surface area contributed by atoms with Gasteiger partial charge in [0.05, 0.1) is 11.9 Å². The molecular formula is C9H11N3. The SMILES string of the molecule is Cc1ccc(C)n1-c1cn[nH]c1. The molecule has 0 atom stereocenters. The van der Waals surface area contributed by atoms with Crippen molar-refractivity contribution in [2.45, 2.75) is 13.8 Å². The number of aromatic amines is 1. The first-order chi connectivity index (χ1) is 5.79. The fourth-order valence-corrected chi connectivity index (χ4v) is 1.44. The van der Waals surface area contributed by atoms with E-state index in [0.717, 1.165) is 5.69 Å². The van der Waals surface area contributed by atoms with Crippen molar-refractivity contribution >= 4 is 0 Å². The number of aryl methyl sites for hydroxylation is 2. The van der Waals surface area contributed by atoms with Gasteiger partial charge < -0.3 is 4.57 Å². The third kappa shape index (κ3) is 0.942. The van der Waals surface area contributed by atoms with Crippen LogP contribution >= 0.6 is 0 Å². The molecule has 62 valence electrons. The Kier molecular flexibility index (Phi) is 1.50. The van der Waals surface area contributed by atoms with Crippen LogP contribution in [0.5, 0.6) is 0 Å². The van der Waals surface area contributed by atoms with E-state index in [0.29, 0.717) is 0 Å². The van der Waals surface area contributed by atoms with Crippen LogP contribution in [0.15, 0.2) is 24.5 Å². The van der Waals surface area contributed by atoms with Crippen LogP contribution < -0.4 is 0 Å². The highest BCUT2D eigenvalue weighted by atomic mass is 15.1. The summed E-state index contributed by atoms with van der Waals surface area (Å²) in [7, 11) is 0. The van der Waals surface area contributed by atoms with Crippen LogP contribution in [-0.4, -0.2) is 14.8 Å². The maximum absolute atomic E-state index is 3.91. The standard InChI is InChI=1S/C9H11N3/c1-7-3-4-8(2)12(7)9-5-10-11-6-9/h3-6H,1-2H3,(H,10,11). The average molecular weight is 161 g/mol. The summed E-state index contributed by atoms with van der Waals surface area (Å²) in [6.45, 7) is 4.17. The Morgan fingerprint density at radius 1 is 1.25 bits per heavy atom. The van der Waals surface area contributed by atoms with E-state index >= 15 is 0 Å². The van der Waals surface area contributed by atoms with Gasteiger partial charge >= 0.3 is 0 Å². The second-order valence-corrected chi connectivity index (χ2v) is 2.91. The van der Waals surface area contributed by atoms with Crippen LogP contribution in [-0.2, 0) is 0 Å². The van der Waals surface area contributed by atoms with E-state index in [9.17, 15) is 0 Å². The molecule has 0 aliphatic rings. The van der Waals surface area contributed by atoms with Crippen molar-refractivity contribution in [2.24, 2.45) is 0 Å². The molecule has 3 heteroatoms. The van der Waals surface area contributed by atoms with Gasteiger partial charge in [0.1, 0.15) is 0 Å².